The molecule has 10 heteroatoms. The number of para-hydroxylation sites is 1. The van der Waals surface area contributed by atoms with Gasteiger partial charge in [0.15, 0.2) is 5.82 Å². The summed E-state index contributed by atoms with van der Waals surface area (Å²) in [4.78, 5) is 15.1. The number of benzene rings is 1. The maximum atomic E-state index is 12.3. The van der Waals surface area contributed by atoms with Gasteiger partial charge in [-0.1, -0.05) is 23.4 Å². The molecular formula is C14H12F3N5O2. The van der Waals surface area contributed by atoms with Crippen LogP contribution in [0.1, 0.15) is 11.7 Å². The summed E-state index contributed by atoms with van der Waals surface area (Å²) in [5, 5.41) is 10.8. The van der Waals surface area contributed by atoms with E-state index in [9.17, 15) is 18.0 Å². The Morgan fingerprint density at radius 1 is 1.29 bits per heavy atom. The molecule has 2 aromatic heterocycles. The number of carbonyl (C=O) groups is 1. The van der Waals surface area contributed by atoms with Crippen molar-refractivity contribution >= 4 is 16.8 Å². The summed E-state index contributed by atoms with van der Waals surface area (Å²) in [6.45, 7) is 0.0996. The van der Waals surface area contributed by atoms with Gasteiger partial charge >= 0.3 is 12.1 Å². The fraction of sp³-hybridized carbons (Fsp3) is 0.286. The van der Waals surface area contributed by atoms with Gasteiger partial charge in [-0.05, 0) is 6.07 Å². The molecule has 0 aliphatic carbocycles. The minimum Gasteiger partial charge on any atom is -0.354 e. The minimum absolute atomic E-state index is 0.00750. The molecule has 2 heterocycles. The van der Waals surface area contributed by atoms with Crippen LogP contribution in [0, 0.1) is 0 Å². The molecule has 0 saturated heterocycles. The second-order valence-electron chi connectivity index (χ2n) is 4.97. The standard InChI is InChI=1S/C14H12F3N5O2/c15-14(16,17)13-20-11(21-24-13)5-6-18-12(23)8-22-10-4-2-1-3-9(10)7-19-22/h1-4,7H,5-6,8H2,(H,18,23). The van der Waals surface area contributed by atoms with Crippen molar-refractivity contribution in [3.8, 4) is 0 Å². The summed E-state index contributed by atoms with van der Waals surface area (Å²) in [6.07, 6.45) is -2.98. The molecule has 24 heavy (non-hydrogen) atoms. The number of amides is 1. The van der Waals surface area contributed by atoms with Crippen LogP contribution < -0.4 is 5.32 Å². The van der Waals surface area contributed by atoms with Crippen LogP contribution in [0.15, 0.2) is 35.0 Å². The van der Waals surface area contributed by atoms with Crippen LogP contribution in [0.4, 0.5) is 13.2 Å². The molecule has 0 radical (unpaired) electrons. The van der Waals surface area contributed by atoms with Crippen molar-refractivity contribution in [3.63, 3.8) is 0 Å². The number of halogens is 3. The van der Waals surface area contributed by atoms with Gasteiger partial charge in [-0.2, -0.15) is 23.3 Å². The maximum Gasteiger partial charge on any atom is 0.471 e. The van der Waals surface area contributed by atoms with Gasteiger partial charge in [0, 0.05) is 18.4 Å². The normalized spacial score (nSPS) is 11.8. The number of carbonyl (C=O) groups excluding carboxylic acids is 1. The zero-order valence-electron chi connectivity index (χ0n) is 12.2. The second-order valence-corrected chi connectivity index (χ2v) is 4.97. The number of hydrogen-bond acceptors (Lipinski definition) is 5. The molecule has 0 saturated carbocycles. The van der Waals surface area contributed by atoms with Gasteiger partial charge in [0.1, 0.15) is 6.54 Å². The third-order valence-corrected chi connectivity index (χ3v) is 3.23. The molecule has 0 aliphatic rings. The van der Waals surface area contributed by atoms with E-state index in [1.165, 1.54) is 0 Å². The van der Waals surface area contributed by atoms with Gasteiger partial charge in [-0.3, -0.25) is 9.48 Å². The van der Waals surface area contributed by atoms with Crippen LogP contribution >= 0.6 is 0 Å². The predicted octanol–water partition coefficient (Wildman–Crippen LogP) is 1.80. The number of alkyl halides is 3. The SMILES string of the molecule is O=C(Cn1ncc2ccccc21)NCCc1noc(C(F)(F)F)n1. The van der Waals surface area contributed by atoms with Crippen LogP contribution in [0.3, 0.4) is 0 Å². The maximum absolute atomic E-state index is 12.3. The van der Waals surface area contributed by atoms with E-state index in [4.69, 9.17) is 0 Å². The molecule has 7 nitrogen and oxygen atoms in total. The van der Waals surface area contributed by atoms with Gasteiger partial charge in [0.05, 0.1) is 11.7 Å². The summed E-state index contributed by atoms with van der Waals surface area (Å²) in [5.74, 6) is -1.83. The first-order valence-electron chi connectivity index (χ1n) is 7.00. The summed E-state index contributed by atoms with van der Waals surface area (Å²) in [6, 6.07) is 7.43. The van der Waals surface area contributed by atoms with E-state index in [-0.39, 0.29) is 31.2 Å². The fourth-order valence-corrected chi connectivity index (χ4v) is 2.13. The van der Waals surface area contributed by atoms with Crippen molar-refractivity contribution in [2.45, 2.75) is 19.1 Å². The number of nitrogens with zero attached hydrogens (tertiary/aromatic N) is 4. The van der Waals surface area contributed by atoms with Crippen molar-refractivity contribution in [1.82, 2.24) is 25.2 Å². The lowest BCUT2D eigenvalue weighted by Gasteiger charge is -2.05. The van der Waals surface area contributed by atoms with Gasteiger partial charge in [0.25, 0.3) is 0 Å². The van der Waals surface area contributed by atoms with E-state index in [0.29, 0.717) is 0 Å². The smallest absolute Gasteiger partial charge is 0.354 e. The Bertz CT molecular complexity index is 855. The molecule has 0 atom stereocenters. The molecular weight excluding hydrogens is 327 g/mol. The molecule has 0 bridgehead atoms. The summed E-state index contributed by atoms with van der Waals surface area (Å²) in [5.41, 5.74) is 0.820. The molecule has 0 fully saturated rings. The molecule has 1 amide bonds. The van der Waals surface area contributed by atoms with E-state index in [1.54, 1.807) is 10.9 Å². The number of nitrogens with one attached hydrogen (secondary N) is 1. The number of aromatic nitrogens is 4. The molecule has 1 aromatic carbocycles. The van der Waals surface area contributed by atoms with Crippen LogP contribution in [0.25, 0.3) is 10.9 Å². The highest BCUT2D eigenvalue weighted by atomic mass is 19.4. The number of rotatable bonds is 5. The number of hydrogen-bond donors (Lipinski definition) is 1. The lowest BCUT2D eigenvalue weighted by molar-refractivity contribution is -0.159. The summed E-state index contributed by atoms with van der Waals surface area (Å²) in [7, 11) is 0. The van der Waals surface area contributed by atoms with Crippen molar-refractivity contribution in [2.24, 2.45) is 0 Å². The van der Waals surface area contributed by atoms with E-state index < -0.39 is 12.1 Å². The zero-order valence-corrected chi connectivity index (χ0v) is 12.2. The Kier molecular flexibility index (Phi) is 4.19. The summed E-state index contributed by atoms with van der Waals surface area (Å²) >= 11 is 0. The van der Waals surface area contributed by atoms with Crippen molar-refractivity contribution < 1.29 is 22.5 Å². The van der Waals surface area contributed by atoms with Gasteiger partial charge in [-0.15, -0.1) is 0 Å². The third-order valence-electron chi connectivity index (χ3n) is 3.23. The fourth-order valence-electron chi connectivity index (χ4n) is 2.13. The lowest BCUT2D eigenvalue weighted by atomic mass is 10.2. The van der Waals surface area contributed by atoms with Crippen molar-refractivity contribution in [1.29, 1.82) is 0 Å². The van der Waals surface area contributed by atoms with Crippen LogP contribution in [-0.4, -0.2) is 32.4 Å². The Labute approximate surface area is 133 Å². The van der Waals surface area contributed by atoms with Crippen LogP contribution in [0.2, 0.25) is 0 Å². The quantitative estimate of drug-likeness (QED) is 0.766. The average Bonchev–Trinajstić information content (AvgIpc) is 3.15. The Hall–Kier alpha value is -2.91. The second kappa shape index (κ2) is 6.30. The Balaban J connectivity index is 1.52. The zero-order chi connectivity index (χ0) is 17.2. The predicted molar refractivity (Wildman–Crippen MR) is 75.7 cm³/mol. The third kappa shape index (κ3) is 3.53. The lowest BCUT2D eigenvalue weighted by Crippen LogP contribution is -2.29. The largest absolute Gasteiger partial charge is 0.471 e. The first-order valence-corrected chi connectivity index (χ1v) is 7.00. The molecule has 1 N–H and O–H groups in total. The van der Waals surface area contributed by atoms with E-state index >= 15 is 0 Å². The molecule has 0 spiro atoms. The number of fused-ring (bicyclic) bond motifs is 1. The molecule has 0 unspecified atom stereocenters. The molecule has 3 rings (SSSR count). The molecule has 0 aliphatic heterocycles. The first-order chi connectivity index (χ1) is 11.4. The molecule has 126 valence electrons. The van der Waals surface area contributed by atoms with E-state index in [1.807, 2.05) is 24.3 Å². The summed E-state index contributed by atoms with van der Waals surface area (Å²) < 4.78 is 42.6. The van der Waals surface area contributed by atoms with Crippen LogP contribution in [0.5, 0.6) is 0 Å². The Morgan fingerprint density at radius 3 is 2.83 bits per heavy atom. The van der Waals surface area contributed by atoms with Gasteiger partial charge in [-0.25, -0.2) is 0 Å². The highest BCUT2D eigenvalue weighted by Crippen LogP contribution is 2.27. The Morgan fingerprint density at radius 2 is 2.08 bits per heavy atom. The topological polar surface area (TPSA) is 85.8 Å². The van der Waals surface area contributed by atoms with Crippen LogP contribution in [-0.2, 0) is 23.9 Å². The van der Waals surface area contributed by atoms with Gasteiger partial charge in [0.2, 0.25) is 5.91 Å². The highest BCUT2D eigenvalue weighted by molar-refractivity contribution is 5.81. The molecule has 3 aromatic rings. The monoisotopic (exact) mass is 339 g/mol. The van der Waals surface area contributed by atoms with E-state index in [0.717, 1.165) is 10.9 Å². The van der Waals surface area contributed by atoms with Crippen molar-refractivity contribution in [3.05, 3.63) is 42.2 Å². The highest BCUT2D eigenvalue weighted by Gasteiger charge is 2.38. The van der Waals surface area contributed by atoms with E-state index in [2.05, 4.69) is 25.1 Å². The van der Waals surface area contributed by atoms with Gasteiger partial charge < -0.3 is 9.84 Å². The minimum atomic E-state index is -4.67. The van der Waals surface area contributed by atoms with Crippen molar-refractivity contribution in [2.75, 3.05) is 6.54 Å². The average molecular weight is 339 g/mol. The first kappa shape index (κ1) is 16.0.